The second kappa shape index (κ2) is 20.9. The Balaban J connectivity index is 1.59. The lowest BCUT2D eigenvalue weighted by atomic mass is 10.2. The maximum Gasteiger partial charge on any atom is 0.426 e. The molecule has 0 radical (unpaired) electrons. The molecule has 0 aromatic heterocycles. The van der Waals surface area contributed by atoms with Gasteiger partial charge in [-0.3, -0.25) is 0 Å². The highest BCUT2D eigenvalue weighted by atomic mass is 32.2. The third kappa shape index (κ3) is 14.7. The summed E-state index contributed by atoms with van der Waals surface area (Å²) in [5.41, 5.74) is 0. The van der Waals surface area contributed by atoms with Gasteiger partial charge in [0.05, 0.1) is 49.7 Å². The van der Waals surface area contributed by atoms with Crippen molar-refractivity contribution in [1.29, 1.82) is 0 Å². The molecular formula is C32H46N4O10S2. The molecule has 266 valence electrons. The highest BCUT2D eigenvalue weighted by Crippen LogP contribution is 2.30. The lowest BCUT2D eigenvalue weighted by molar-refractivity contribution is 0.124. The third-order valence-corrected chi connectivity index (χ3v) is 7.40. The molecule has 0 bridgehead atoms. The number of amides is 4. The van der Waals surface area contributed by atoms with E-state index in [1.807, 2.05) is 27.7 Å². The SMILES string of the molecule is CC(C)Oc1ccccc1OC(=O)N(C)SN(C)C(=O)OCCCCCCOC(=O)N(C)SN(C)C(=O)Oc1ccccc1OC(C)C. The second-order valence-corrected chi connectivity index (χ2v) is 13.3. The minimum absolute atomic E-state index is 0.0966. The molecule has 0 aliphatic rings. The first kappa shape index (κ1) is 40.0. The Kier molecular flexibility index (Phi) is 17.4. The van der Waals surface area contributed by atoms with Crippen LogP contribution in [-0.4, -0.2) is 95.2 Å². The molecule has 0 unspecified atom stereocenters. The minimum atomic E-state index is -0.686. The molecule has 0 aliphatic carbocycles. The molecule has 2 rings (SSSR count). The zero-order valence-electron chi connectivity index (χ0n) is 28.7. The van der Waals surface area contributed by atoms with Gasteiger partial charge in [0.25, 0.3) is 0 Å². The number of carbonyl (C=O) groups is 4. The van der Waals surface area contributed by atoms with Crippen molar-refractivity contribution in [3.63, 3.8) is 0 Å². The molecule has 2 aromatic carbocycles. The lowest BCUT2D eigenvalue weighted by Gasteiger charge is -2.22. The standard InChI is InChI=1S/C32H46N4O10S2/c1-23(2)43-25-17-11-13-19-27(25)45-31(39)35(7)47-33(5)29(37)41-21-15-9-10-16-22-42-30(38)34(6)48-36(8)32(40)46-28-20-14-12-18-26(28)44-24(3)4/h11-14,17-20,23-24H,9-10,15-16,21-22H2,1-8H3. The number of carbonyl (C=O) groups excluding carboxylic acids is 4. The van der Waals surface area contributed by atoms with E-state index in [0.717, 1.165) is 45.7 Å². The first-order chi connectivity index (χ1) is 22.8. The molecule has 16 heteroatoms. The summed E-state index contributed by atoms with van der Waals surface area (Å²) < 4.78 is 37.4. The van der Waals surface area contributed by atoms with Crippen molar-refractivity contribution in [2.45, 2.75) is 65.6 Å². The summed E-state index contributed by atoms with van der Waals surface area (Å²) in [6.07, 6.45) is -0.0873. The van der Waals surface area contributed by atoms with E-state index in [9.17, 15) is 19.2 Å². The highest BCUT2D eigenvalue weighted by molar-refractivity contribution is 7.95. The summed E-state index contributed by atoms with van der Waals surface area (Å²) in [7, 11) is 5.92. The van der Waals surface area contributed by atoms with Gasteiger partial charge in [0.2, 0.25) is 0 Å². The molecule has 0 aliphatic heterocycles. The fourth-order valence-corrected chi connectivity index (χ4v) is 4.83. The Morgan fingerprint density at radius 3 is 1.17 bits per heavy atom. The first-order valence-corrected chi connectivity index (χ1v) is 16.8. The predicted molar refractivity (Wildman–Crippen MR) is 184 cm³/mol. The van der Waals surface area contributed by atoms with Gasteiger partial charge in [0.15, 0.2) is 23.0 Å². The van der Waals surface area contributed by atoms with Crippen molar-refractivity contribution in [1.82, 2.24) is 17.2 Å². The molecule has 14 nitrogen and oxygen atoms in total. The van der Waals surface area contributed by atoms with Crippen molar-refractivity contribution in [3.05, 3.63) is 48.5 Å². The Morgan fingerprint density at radius 2 is 0.833 bits per heavy atom. The Morgan fingerprint density at radius 1 is 0.521 bits per heavy atom. The van der Waals surface area contributed by atoms with Crippen molar-refractivity contribution in [2.24, 2.45) is 0 Å². The van der Waals surface area contributed by atoms with Gasteiger partial charge >= 0.3 is 24.4 Å². The van der Waals surface area contributed by atoms with E-state index in [-0.39, 0.29) is 36.9 Å². The molecule has 2 aromatic rings. The number of nitrogens with zero attached hydrogens (tertiary/aromatic N) is 4. The monoisotopic (exact) mass is 710 g/mol. The van der Waals surface area contributed by atoms with Gasteiger partial charge in [-0.25, -0.2) is 36.4 Å². The number of para-hydroxylation sites is 4. The van der Waals surface area contributed by atoms with Gasteiger partial charge in [-0.15, -0.1) is 0 Å². The maximum atomic E-state index is 12.5. The van der Waals surface area contributed by atoms with Crippen LogP contribution in [0.3, 0.4) is 0 Å². The molecule has 0 fully saturated rings. The summed E-state index contributed by atoms with van der Waals surface area (Å²) in [6, 6.07) is 13.7. The van der Waals surface area contributed by atoms with Crippen LogP contribution in [0.1, 0.15) is 53.4 Å². The van der Waals surface area contributed by atoms with Crippen LogP contribution in [0, 0.1) is 0 Å². The van der Waals surface area contributed by atoms with Crippen molar-refractivity contribution in [3.8, 4) is 23.0 Å². The van der Waals surface area contributed by atoms with E-state index in [1.165, 1.54) is 36.8 Å². The summed E-state index contributed by atoms with van der Waals surface area (Å²) >= 11 is 1.66. The molecule has 0 N–H and O–H groups in total. The van der Waals surface area contributed by atoms with Gasteiger partial charge in [-0.1, -0.05) is 24.3 Å². The van der Waals surface area contributed by atoms with Gasteiger partial charge < -0.3 is 28.4 Å². The molecule has 0 spiro atoms. The lowest BCUT2D eigenvalue weighted by Crippen LogP contribution is -2.31. The molecule has 0 atom stereocenters. The van der Waals surface area contributed by atoms with Crippen LogP contribution in [-0.2, 0) is 9.47 Å². The Labute approximate surface area is 291 Å². The fourth-order valence-electron chi connectivity index (χ4n) is 3.65. The second-order valence-electron chi connectivity index (χ2n) is 10.8. The predicted octanol–water partition coefficient (Wildman–Crippen LogP) is 7.65. The number of hydrogen-bond donors (Lipinski definition) is 0. The number of unbranched alkanes of at least 4 members (excludes halogenated alkanes) is 3. The Hall–Kier alpha value is -4.18. The minimum Gasteiger partial charge on any atom is -0.487 e. The van der Waals surface area contributed by atoms with Gasteiger partial charge in [-0.2, -0.15) is 0 Å². The molecular weight excluding hydrogens is 665 g/mol. The summed E-state index contributed by atoms with van der Waals surface area (Å²) in [5, 5.41) is 0. The highest BCUT2D eigenvalue weighted by Gasteiger charge is 2.22. The van der Waals surface area contributed by atoms with Crippen LogP contribution in [0.4, 0.5) is 19.2 Å². The van der Waals surface area contributed by atoms with E-state index in [2.05, 4.69) is 0 Å². The molecule has 4 amide bonds. The van der Waals surface area contributed by atoms with Crippen LogP contribution >= 0.6 is 24.3 Å². The van der Waals surface area contributed by atoms with E-state index in [4.69, 9.17) is 28.4 Å². The summed E-state index contributed by atoms with van der Waals surface area (Å²) in [6.45, 7) is 7.85. The third-order valence-electron chi connectivity index (χ3n) is 5.83. The number of benzene rings is 2. The van der Waals surface area contributed by atoms with Crippen molar-refractivity contribution >= 4 is 48.6 Å². The van der Waals surface area contributed by atoms with Crippen LogP contribution in [0.15, 0.2) is 48.5 Å². The van der Waals surface area contributed by atoms with Gasteiger partial charge in [0.1, 0.15) is 0 Å². The quantitative estimate of drug-likeness (QED) is 0.118. The van der Waals surface area contributed by atoms with E-state index >= 15 is 0 Å². The zero-order valence-corrected chi connectivity index (χ0v) is 30.3. The topological polar surface area (TPSA) is 137 Å². The van der Waals surface area contributed by atoms with Crippen LogP contribution in [0.25, 0.3) is 0 Å². The number of ether oxygens (including phenoxy) is 6. The number of hydrogen-bond acceptors (Lipinski definition) is 12. The molecule has 0 saturated carbocycles. The average molecular weight is 711 g/mol. The van der Waals surface area contributed by atoms with Crippen molar-refractivity contribution in [2.75, 3.05) is 41.4 Å². The summed E-state index contributed by atoms with van der Waals surface area (Å²) in [4.78, 5) is 49.8. The zero-order chi connectivity index (χ0) is 35.6. The molecule has 0 saturated heterocycles. The first-order valence-electron chi connectivity index (χ1n) is 15.4. The smallest absolute Gasteiger partial charge is 0.426 e. The number of rotatable bonds is 17. The molecule has 0 heterocycles. The van der Waals surface area contributed by atoms with Crippen LogP contribution in [0.2, 0.25) is 0 Å². The largest absolute Gasteiger partial charge is 0.487 e. The Bertz CT molecular complexity index is 1230. The van der Waals surface area contributed by atoms with Gasteiger partial charge in [0, 0.05) is 28.2 Å². The fraction of sp³-hybridized carbons (Fsp3) is 0.500. The van der Waals surface area contributed by atoms with Crippen molar-refractivity contribution < 1.29 is 47.6 Å². The van der Waals surface area contributed by atoms with E-state index in [1.54, 1.807) is 48.5 Å². The van der Waals surface area contributed by atoms with E-state index < -0.39 is 24.4 Å². The molecule has 48 heavy (non-hydrogen) atoms. The summed E-state index contributed by atoms with van der Waals surface area (Å²) in [5.74, 6) is 1.43. The van der Waals surface area contributed by atoms with Gasteiger partial charge in [-0.05, 0) is 77.6 Å². The van der Waals surface area contributed by atoms with Crippen LogP contribution in [0.5, 0.6) is 23.0 Å². The van der Waals surface area contributed by atoms with E-state index in [0.29, 0.717) is 24.3 Å². The normalized spacial score (nSPS) is 10.6. The van der Waals surface area contributed by atoms with Crippen LogP contribution < -0.4 is 18.9 Å². The average Bonchev–Trinajstić information content (AvgIpc) is 3.03. The maximum absolute atomic E-state index is 12.5.